The second-order valence-corrected chi connectivity index (χ2v) is 7.35. The van der Waals surface area contributed by atoms with Crippen LogP contribution in [0.5, 0.6) is 0 Å². The molecule has 0 spiro atoms. The number of nitrogens with one attached hydrogen (secondary N) is 2. The molecule has 2 aliphatic rings. The summed E-state index contributed by atoms with van der Waals surface area (Å²) < 4.78 is 5.50. The summed E-state index contributed by atoms with van der Waals surface area (Å²) in [5, 5.41) is 6.61. The van der Waals surface area contributed by atoms with Crippen molar-refractivity contribution in [3.8, 4) is 0 Å². The van der Waals surface area contributed by atoms with Gasteiger partial charge in [0.15, 0.2) is 0 Å². The summed E-state index contributed by atoms with van der Waals surface area (Å²) >= 11 is 0. The Balaban J connectivity index is 1.67. The van der Waals surface area contributed by atoms with E-state index in [9.17, 15) is 4.79 Å². The topological polar surface area (TPSA) is 50.4 Å². The highest BCUT2D eigenvalue weighted by Gasteiger charge is 2.36. The van der Waals surface area contributed by atoms with Crippen LogP contribution < -0.4 is 10.6 Å². The van der Waals surface area contributed by atoms with Crippen molar-refractivity contribution in [2.45, 2.75) is 58.8 Å². The Labute approximate surface area is 135 Å². The number of hydrogen-bond acceptors (Lipinski definition) is 3. The fourth-order valence-electron chi connectivity index (χ4n) is 3.86. The predicted octanol–water partition coefficient (Wildman–Crippen LogP) is 2.73. The number of amides is 1. The Morgan fingerprint density at radius 1 is 1.36 bits per heavy atom. The third-order valence-electron chi connectivity index (χ3n) is 5.75. The molecule has 0 aromatic carbocycles. The molecule has 2 N–H and O–H groups in total. The maximum absolute atomic E-state index is 12.3. The number of carbonyl (C=O) groups is 1. The lowest BCUT2D eigenvalue weighted by Gasteiger charge is -2.42. The van der Waals surface area contributed by atoms with Gasteiger partial charge < -0.3 is 15.4 Å². The third kappa shape index (κ3) is 5.24. The molecule has 1 aliphatic heterocycles. The molecule has 2 rings (SSSR count). The standard InChI is InChI=1S/C18H34N2O2/c1-3-22-12-9-18(7-4-8-18)14-20-17(21)13-15(2)16-5-10-19-11-6-16/h15-16,19H,3-14H2,1-2H3,(H,20,21). The third-order valence-corrected chi connectivity index (χ3v) is 5.75. The van der Waals surface area contributed by atoms with Crippen LogP contribution >= 0.6 is 0 Å². The zero-order chi connectivity index (χ0) is 15.8. The minimum Gasteiger partial charge on any atom is -0.382 e. The zero-order valence-corrected chi connectivity index (χ0v) is 14.5. The Hall–Kier alpha value is -0.610. The molecule has 4 heteroatoms. The maximum Gasteiger partial charge on any atom is 0.220 e. The summed E-state index contributed by atoms with van der Waals surface area (Å²) in [4.78, 5) is 12.3. The maximum atomic E-state index is 12.3. The van der Waals surface area contributed by atoms with Crippen LogP contribution in [0.25, 0.3) is 0 Å². The van der Waals surface area contributed by atoms with Gasteiger partial charge in [-0.1, -0.05) is 13.3 Å². The molecule has 4 nitrogen and oxygen atoms in total. The van der Waals surface area contributed by atoms with Gasteiger partial charge in [0, 0.05) is 26.2 Å². The number of ether oxygens (including phenoxy) is 1. The van der Waals surface area contributed by atoms with Crippen LogP contribution in [0.3, 0.4) is 0 Å². The molecular formula is C18H34N2O2. The molecule has 1 aliphatic carbocycles. The summed E-state index contributed by atoms with van der Waals surface area (Å²) in [5.74, 6) is 1.46. The highest BCUT2D eigenvalue weighted by atomic mass is 16.5. The Kier molecular flexibility index (Phi) is 7.16. The molecule has 2 fully saturated rings. The van der Waals surface area contributed by atoms with E-state index in [1.807, 2.05) is 6.92 Å². The van der Waals surface area contributed by atoms with Crippen molar-refractivity contribution in [3.63, 3.8) is 0 Å². The van der Waals surface area contributed by atoms with Crippen LogP contribution in [0.4, 0.5) is 0 Å². The lowest BCUT2D eigenvalue weighted by Crippen LogP contribution is -2.43. The molecule has 1 saturated carbocycles. The number of rotatable bonds is 9. The van der Waals surface area contributed by atoms with Crippen molar-refractivity contribution in [2.24, 2.45) is 17.3 Å². The summed E-state index contributed by atoms with van der Waals surface area (Å²) in [6.07, 6.45) is 7.98. The van der Waals surface area contributed by atoms with Gasteiger partial charge in [-0.3, -0.25) is 4.79 Å². The highest BCUT2D eigenvalue weighted by molar-refractivity contribution is 5.76. The van der Waals surface area contributed by atoms with Gasteiger partial charge in [0.05, 0.1) is 0 Å². The molecule has 22 heavy (non-hydrogen) atoms. The van der Waals surface area contributed by atoms with Crippen LogP contribution in [0.1, 0.15) is 58.8 Å². The van der Waals surface area contributed by atoms with Crippen LogP contribution in [0, 0.1) is 17.3 Å². The molecule has 0 radical (unpaired) electrons. The van der Waals surface area contributed by atoms with E-state index in [1.54, 1.807) is 0 Å². The van der Waals surface area contributed by atoms with Gasteiger partial charge >= 0.3 is 0 Å². The minimum absolute atomic E-state index is 0.244. The lowest BCUT2D eigenvalue weighted by molar-refractivity contribution is -0.123. The Morgan fingerprint density at radius 2 is 2.09 bits per heavy atom. The summed E-state index contributed by atoms with van der Waals surface area (Å²) in [7, 11) is 0. The lowest BCUT2D eigenvalue weighted by atomic mass is 9.66. The summed E-state index contributed by atoms with van der Waals surface area (Å²) in [6.45, 7) is 8.96. The molecule has 1 amide bonds. The first kappa shape index (κ1) is 17.7. The van der Waals surface area contributed by atoms with Gasteiger partial charge in [-0.25, -0.2) is 0 Å². The normalized spacial score (nSPS) is 22.8. The van der Waals surface area contributed by atoms with E-state index in [2.05, 4.69) is 17.6 Å². The van der Waals surface area contributed by atoms with E-state index in [-0.39, 0.29) is 5.91 Å². The molecule has 128 valence electrons. The average molecular weight is 310 g/mol. The molecule has 1 saturated heterocycles. The van der Waals surface area contributed by atoms with E-state index < -0.39 is 0 Å². The molecular weight excluding hydrogens is 276 g/mol. The quantitative estimate of drug-likeness (QED) is 0.644. The van der Waals surface area contributed by atoms with Crippen molar-refractivity contribution < 1.29 is 9.53 Å². The van der Waals surface area contributed by atoms with Gasteiger partial charge in [-0.05, 0) is 69.4 Å². The van der Waals surface area contributed by atoms with Crippen LogP contribution in [0.2, 0.25) is 0 Å². The minimum atomic E-state index is 0.244. The molecule has 0 aromatic rings. The van der Waals surface area contributed by atoms with E-state index in [1.165, 1.54) is 32.1 Å². The van der Waals surface area contributed by atoms with E-state index in [0.717, 1.165) is 39.3 Å². The van der Waals surface area contributed by atoms with E-state index in [4.69, 9.17) is 4.74 Å². The van der Waals surface area contributed by atoms with Crippen molar-refractivity contribution >= 4 is 5.91 Å². The van der Waals surface area contributed by atoms with Crippen LogP contribution in [-0.4, -0.2) is 38.8 Å². The molecule has 0 bridgehead atoms. The number of hydrogen-bond donors (Lipinski definition) is 2. The summed E-state index contributed by atoms with van der Waals surface area (Å²) in [5.41, 5.74) is 0.322. The van der Waals surface area contributed by atoms with Gasteiger partial charge in [0.1, 0.15) is 0 Å². The number of piperidine rings is 1. The fourth-order valence-corrected chi connectivity index (χ4v) is 3.86. The van der Waals surface area contributed by atoms with Gasteiger partial charge in [-0.15, -0.1) is 0 Å². The van der Waals surface area contributed by atoms with Crippen LogP contribution in [0.15, 0.2) is 0 Å². The van der Waals surface area contributed by atoms with Crippen molar-refractivity contribution in [2.75, 3.05) is 32.8 Å². The zero-order valence-electron chi connectivity index (χ0n) is 14.5. The Bertz CT molecular complexity index is 336. The fraction of sp³-hybridized carbons (Fsp3) is 0.944. The second kappa shape index (κ2) is 8.88. The van der Waals surface area contributed by atoms with Gasteiger partial charge in [-0.2, -0.15) is 0 Å². The van der Waals surface area contributed by atoms with Crippen molar-refractivity contribution in [1.29, 1.82) is 0 Å². The first-order valence-electron chi connectivity index (χ1n) is 9.20. The predicted molar refractivity (Wildman–Crippen MR) is 89.8 cm³/mol. The SMILES string of the molecule is CCOCCC1(CNC(=O)CC(C)C2CCNCC2)CCC1. The Morgan fingerprint density at radius 3 is 2.68 bits per heavy atom. The number of carbonyl (C=O) groups excluding carboxylic acids is 1. The van der Waals surface area contributed by atoms with Crippen molar-refractivity contribution in [1.82, 2.24) is 10.6 Å². The molecule has 1 heterocycles. The second-order valence-electron chi connectivity index (χ2n) is 7.35. The first-order chi connectivity index (χ1) is 10.7. The summed E-state index contributed by atoms with van der Waals surface area (Å²) in [6, 6.07) is 0. The smallest absolute Gasteiger partial charge is 0.220 e. The van der Waals surface area contributed by atoms with E-state index in [0.29, 0.717) is 23.7 Å². The van der Waals surface area contributed by atoms with Crippen LogP contribution in [-0.2, 0) is 9.53 Å². The monoisotopic (exact) mass is 310 g/mol. The van der Waals surface area contributed by atoms with E-state index >= 15 is 0 Å². The highest BCUT2D eigenvalue weighted by Crippen LogP contribution is 2.43. The van der Waals surface area contributed by atoms with Crippen molar-refractivity contribution in [3.05, 3.63) is 0 Å². The molecule has 1 atom stereocenters. The first-order valence-corrected chi connectivity index (χ1v) is 9.20. The largest absolute Gasteiger partial charge is 0.382 e. The molecule has 1 unspecified atom stereocenters. The van der Waals surface area contributed by atoms with Gasteiger partial charge in [0.25, 0.3) is 0 Å². The average Bonchev–Trinajstić information content (AvgIpc) is 2.50. The van der Waals surface area contributed by atoms with Gasteiger partial charge in [0.2, 0.25) is 5.91 Å². The molecule has 0 aromatic heterocycles.